The first-order valence-corrected chi connectivity index (χ1v) is 13.2. The highest BCUT2D eigenvalue weighted by molar-refractivity contribution is 7.92. The number of halogens is 3. The minimum Gasteiger partial charge on any atom is -0.325 e. The van der Waals surface area contributed by atoms with Crippen LogP contribution in [0.1, 0.15) is 24.0 Å². The van der Waals surface area contributed by atoms with E-state index in [9.17, 15) is 26.4 Å². The van der Waals surface area contributed by atoms with E-state index in [0.29, 0.717) is 34.7 Å². The number of alkyl halides is 2. The third kappa shape index (κ3) is 5.14. The Morgan fingerprint density at radius 2 is 1.95 bits per heavy atom. The van der Waals surface area contributed by atoms with Crippen LogP contribution in [0.2, 0.25) is 0 Å². The molecule has 1 amide bonds. The number of hydrogen-bond acceptors (Lipinski definition) is 8. The lowest BCUT2D eigenvalue weighted by atomic mass is 10.1. The Morgan fingerprint density at radius 3 is 2.65 bits per heavy atom. The van der Waals surface area contributed by atoms with Crippen LogP contribution in [0.5, 0.6) is 0 Å². The fourth-order valence-corrected chi connectivity index (χ4v) is 5.42. The number of aromatic nitrogens is 3. The largest absolute Gasteiger partial charge is 0.325 e. The second-order valence-electron chi connectivity index (χ2n) is 8.73. The summed E-state index contributed by atoms with van der Waals surface area (Å²) in [4.78, 5) is 24.2. The number of amides is 1. The average Bonchev–Trinajstić information content (AvgIpc) is 3.58. The standard InChI is InChI=1S/C23H22F3N7O3S/c1-37(35,36)33(14-7-8-14)20-13(4-3-9-27-20)12-32(22(25)26)21-16(24)11-28-23(31-21)30-18-6-2-5-17-15(18)10-19(34)29-17/h2-6,9,11,14,22H,7-8,10,12H2,1H3,(H,29,34)(H,28,30,31). The molecule has 0 unspecified atom stereocenters. The average molecular weight is 534 g/mol. The number of benzene rings is 1. The zero-order chi connectivity index (χ0) is 26.3. The lowest BCUT2D eigenvalue weighted by Gasteiger charge is -2.27. The van der Waals surface area contributed by atoms with Crippen molar-refractivity contribution in [1.82, 2.24) is 15.0 Å². The van der Waals surface area contributed by atoms with E-state index in [2.05, 4.69) is 25.6 Å². The molecule has 37 heavy (non-hydrogen) atoms. The van der Waals surface area contributed by atoms with Crippen LogP contribution in [0, 0.1) is 5.82 Å². The smallest absolute Gasteiger partial charge is 0.316 e. The van der Waals surface area contributed by atoms with Gasteiger partial charge in [-0.15, -0.1) is 0 Å². The van der Waals surface area contributed by atoms with Crippen LogP contribution < -0.4 is 19.8 Å². The number of anilines is 5. The molecule has 0 saturated heterocycles. The van der Waals surface area contributed by atoms with E-state index >= 15 is 0 Å². The zero-order valence-electron chi connectivity index (χ0n) is 19.5. The van der Waals surface area contributed by atoms with Gasteiger partial charge in [-0.2, -0.15) is 13.8 Å². The number of fused-ring (bicyclic) bond motifs is 1. The second-order valence-corrected chi connectivity index (χ2v) is 10.6. The van der Waals surface area contributed by atoms with Gasteiger partial charge in [0.25, 0.3) is 0 Å². The molecular formula is C23H22F3N7O3S. The molecule has 0 bridgehead atoms. The van der Waals surface area contributed by atoms with Crippen molar-refractivity contribution < 1.29 is 26.4 Å². The molecule has 0 atom stereocenters. The molecule has 2 aliphatic rings. The monoisotopic (exact) mass is 533 g/mol. The summed E-state index contributed by atoms with van der Waals surface area (Å²) >= 11 is 0. The van der Waals surface area contributed by atoms with Gasteiger partial charge in [0.2, 0.25) is 21.9 Å². The molecular weight excluding hydrogens is 511 g/mol. The summed E-state index contributed by atoms with van der Waals surface area (Å²) in [6.07, 6.45) is 4.53. The molecule has 14 heteroatoms. The number of carbonyl (C=O) groups is 1. The van der Waals surface area contributed by atoms with E-state index in [1.807, 2.05) is 0 Å². The van der Waals surface area contributed by atoms with Gasteiger partial charge >= 0.3 is 6.55 Å². The molecule has 1 aliphatic carbocycles. The molecule has 1 aliphatic heterocycles. The number of hydrogen-bond donors (Lipinski definition) is 2. The van der Waals surface area contributed by atoms with Crippen molar-refractivity contribution in [1.29, 1.82) is 0 Å². The number of pyridine rings is 1. The number of nitrogens with one attached hydrogen (secondary N) is 2. The van der Waals surface area contributed by atoms with Gasteiger partial charge in [0.05, 0.1) is 25.4 Å². The van der Waals surface area contributed by atoms with Crippen molar-refractivity contribution in [3.8, 4) is 0 Å². The van der Waals surface area contributed by atoms with Crippen molar-refractivity contribution >= 4 is 44.9 Å². The van der Waals surface area contributed by atoms with Crippen LogP contribution in [-0.2, 0) is 27.8 Å². The molecule has 0 radical (unpaired) electrons. The van der Waals surface area contributed by atoms with Crippen molar-refractivity contribution in [2.75, 3.05) is 26.1 Å². The van der Waals surface area contributed by atoms with Crippen molar-refractivity contribution in [2.45, 2.75) is 38.4 Å². The maximum absolute atomic E-state index is 14.8. The number of carbonyl (C=O) groups excluding carboxylic acids is 1. The molecule has 5 rings (SSSR count). The Morgan fingerprint density at radius 1 is 1.16 bits per heavy atom. The summed E-state index contributed by atoms with van der Waals surface area (Å²) in [5, 5.41) is 5.57. The van der Waals surface area contributed by atoms with Crippen LogP contribution in [0.25, 0.3) is 0 Å². The van der Waals surface area contributed by atoms with Gasteiger partial charge in [0.15, 0.2) is 11.6 Å². The molecule has 2 aromatic heterocycles. The van der Waals surface area contributed by atoms with Crippen LogP contribution in [0.4, 0.5) is 42.1 Å². The summed E-state index contributed by atoms with van der Waals surface area (Å²) in [7, 11) is -3.73. The lowest BCUT2D eigenvalue weighted by Crippen LogP contribution is -2.35. The van der Waals surface area contributed by atoms with Gasteiger partial charge in [-0.3, -0.25) is 14.0 Å². The molecule has 3 aromatic rings. The molecule has 1 saturated carbocycles. The third-order valence-corrected chi connectivity index (χ3v) is 7.11. The number of rotatable bonds is 9. The van der Waals surface area contributed by atoms with Crippen molar-refractivity contribution in [2.24, 2.45) is 0 Å². The predicted molar refractivity (Wildman–Crippen MR) is 131 cm³/mol. The molecule has 194 valence electrons. The maximum Gasteiger partial charge on any atom is 0.316 e. The Bertz CT molecular complexity index is 1470. The molecule has 0 spiro atoms. The van der Waals surface area contributed by atoms with Crippen LogP contribution >= 0.6 is 0 Å². The number of nitrogens with zero attached hydrogens (tertiary/aromatic N) is 5. The first-order valence-electron chi connectivity index (χ1n) is 11.3. The first-order chi connectivity index (χ1) is 17.6. The van der Waals surface area contributed by atoms with Crippen LogP contribution in [-0.4, -0.2) is 48.1 Å². The highest BCUT2D eigenvalue weighted by Gasteiger charge is 2.38. The van der Waals surface area contributed by atoms with E-state index in [1.54, 1.807) is 18.2 Å². The zero-order valence-corrected chi connectivity index (χ0v) is 20.3. The van der Waals surface area contributed by atoms with Gasteiger partial charge in [0, 0.05) is 34.7 Å². The van der Waals surface area contributed by atoms with E-state index in [0.717, 1.165) is 16.8 Å². The van der Waals surface area contributed by atoms with Gasteiger partial charge in [0.1, 0.15) is 5.82 Å². The van der Waals surface area contributed by atoms with Crippen molar-refractivity contribution in [3.63, 3.8) is 0 Å². The minimum atomic E-state index is -3.73. The lowest BCUT2D eigenvalue weighted by molar-refractivity contribution is -0.115. The SMILES string of the molecule is CS(=O)(=O)N(c1ncccc1CN(c1nc(Nc2cccc3c2CC(=O)N3)ncc1F)C(F)F)C1CC1. The topological polar surface area (TPSA) is 120 Å². The highest BCUT2D eigenvalue weighted by Crippen LogP contribution is 2.36. The summed E-state index contributed by atoms with van der Waals surface area (Å²) in [5.74, 6) is -2.11. The van der Waals surface area contributed by atoms with E-state index < -0.39 is 34.8 Å². The van der Waals surface area contributed by atoms with Gasteiger partial charge in [-0.25, -0.2) is 22.8 Å². The Kier molecular flexibility index (Phi) is 6.35. The Balaban J connectivity index is 1.47. The minimum absolute atomic E-state index is 0.0166. The van der Waals surface area contributed by atoms with E-state index in [1.165, 1.54) is 18.3 Å². The molecule has 2 N–H and O–H groups in total. The molecule has 1 fully saturated rings. The fourth-order valence-electron chi connectivity index (χ4n) is 4.19. The highest BCUT2D eigenvalue weighted by atomic mass is 32.2. The molecule has 10 nitrogen and oxygen atoms in total. The quantitative estimate of drug-likeness (QED) is 0.402. The molecule has 3 heterocycles. The third-order valence-electron chi connectivity index (χ3n) is 5.92. The second kappa shape index (κ2) is 9.50. The fraction of sp³-hybridized carbons (Fsp3) is 0.304. The summed E-state index contributed by atoms with van der Waals surface area (Å²) in [6, 6.07) is 7.71. The van der Waals surface area contributed by atoms with Crippen molar-refractivity contribution in [3.05, 3.63) is 59.7 Å². The van der Waals surface area contributed by atoms with Gasteiger partial charge < -0.3 is 10.6 Å². The number of sulfonamides is 1. The van der Waals surface area contributed by atoms with E-state index in [4.69, 9.17) is 0 Å². The first kappa shape index (κ1) is 24.7. The Labute approximate surface area is 210 Å². The van der Waals surface area contributed by atoms with Crippen LogP contribution in [0.3, 0.4) is 0 Å². The van der Waals surface area contributed by atoms with E-state index in [-0.39, 0.29) is 35.7 Å². The Hall–Kier alpha value is -3.94. The molecule has 1 aromatic carbocycles. The van der Waals surface area contributed by atoms with Gasteiger partial charge in [-0.05, 0) is 31.0 Å². The summed E-state index contributed by atoms with van der Waals surface area (Å²) < 4.78 is 69.3. The van der Waals surface area contributed by atoms with Crippen LogP contribution in [0.15, 0.2) is 42.7 Å². The summed E-state index contributed by atoms with van der Waals surface area (Å²) in [6.45, 7) is -3.74. The summed E-state index contributed by atoms with van der Waals surface area (Å²) in [5.41, 5.74) is 1.88. The predicted octanol–water partition coefficient (Wildman–Crippen LogP) is 3.41. The normalized spacial score (nSPS) is 14.9. The maximum atomic E-state index is 14.8. The van der Waals surface area contributed by atoms with Gasteiger partial charge in [-0.1, -0.05) is 12.1 Å².